The molecule has 3 aromatic heterocycles. The van der Waals surface area contributed by atoms with Crippen molar-refractivity contribution in [1.82, 2.24) is 34.7 Å². The quantitative estimate of drug-likeness (QED) is 0.223. The second-order valence-electron chi connectivity index (χ2n) is 7.37. The molecule has 32 heavy (non-hydrogen) atoms. The Kier molecular flexibility index (Phi) is 5.28. The molecule has 2 atom stereocenters. The van der Waals surface area contributed by atoms with Crippen LogP contribution in [0.4, 0.5) is 14.7 Å². The predicted octanol–water partition coefficient (Wildman–Crippen LogP) is 3.36. The largest absolute Gasteiger partial charge is 0.368 e. The molecule has 4 aromatic rings. The Hall–Kier alpha value is -2.74. The van der Waals surface area contributed by atoms with Gasteiger partial charge in [0, 0.05) is 18.5 Å². The number of carbonyl (C=O) groups excluding carboxylic acids is 1. The van der Waals surface area contributed by atoms with E-state index >= 15 is 0 Å². The lowest BCUT2D eigenvalue weighted by atomic mass is 9.97. The molecule has 1 amide bonds. The number of fused-ring (bicyclic) bond motifs is 3. The van der Waals surface area contributed by atoms with Crippen LogP contribution in [0.3, 0.4) is 0 Å². The number of hydrogen-bond donors (Lipinski definition) is 1. The van der Waals surface area contributed by atoms with Gasteiger partial charge in [-0.3, -0.25) is 4.79 Å². The highest BCUT2D eigenvalue weighted by molar-refractivity contribution is 14.1. The fourth-order valence-electron chi connectivity index (χ4n) is 3.78. The van der Waals surface area contributed by atoms with Gasteiger partial charge >= 0.3 is 0 Å². The summed E-state index contributed by atoms with van der Waals surface area (Å²) in [7, 11) is 0. The average molecular weight is 571 g/mol. The lowest BCUT2D eigenvalue weighted by Gasteiger charge is -2.35. The summed E-state index contributed by atoms with van der Waals surface area (Å²) in [5.41, 5.74) is 6.27. The van der Waals surface area contributed by atoms with Gasteiger partial charge in [0.2, 0.25) is 5.95 Å². The first-order valence-corrected chi connectivity index (χ1v) is 11.2. The van der Waals surface area contributed by atoms with Crippen LogP contribution in [0.2, 0.25) is 5.15 Å². The molecule has 1 aliphatic heterocycles. The first-order valence-electron chi connectivity index (χ1n) is 9.57. The van der Waals surface area contributed by atoms with Crippen molar-refractivity contribution >= 4 is 62.6 Å². The fourth-order valence-corrected chi connectivity index (χ4v) is 4.72. The topological polar surface area (TPSA) is 115 Å². The second kappa shape index (κ2) is 7.99. The molecule has 1 aliphatic rings. The van der Waals surface area contributed by atoms with Crippen LogP contribution < -0.4 is 5.73 Å². The lowest BCUT2D eigenvalue weighted by molar-refractivity contribution is 0.0682. The third-order valence-corrected chi connectivity index (χ3v) is 6.82. The molecular formula is C19H14ClF2IN8O. The van der Waals surface area contributed by atoms with Crippen molar-refractivity contribution in [3.05, 3.63) is 52.6 Å². The summed E-state index contributed by atoms with van der Waals surface area (Å²) in [6.07, 6.45) is 1.42. The van der Waals surface area contributed by atoms with E-state index in [4.69, 9.17) is 17.3 Å². The molecule has 0 bridgehead atoms. The standard InChI is InChI=1S/C19H14ClF2IN8O/c20-13-3-2-12(27-28-13)18(32)30-7-8(1-4-14(30)23)16-26-17-10-5-9(21)6-11(22)15(10)25-19(24)31(17)29-16/h2-3,5-6,8,14H,1,4,7H2,(H2,24,25)/t8-,14-/m1/s1. The van der Waals surface area contributed by atoms with Gasteiger partial charge < -0.3 is 10.6 Å². The van der Waals surface area contributed by atoms with Crippen molar-refractivity contribution < 1.29 is 13.6 Å². The Morgan fingerprint density at radius 1 is 1.19 bits per heavy atom. The number of alkyl halides is 1. The van der Waals surface area contributed by atoms with Gasteiger partial charge in [0.25, 0.3) is 5.91 Å². The molecule has 5 rings (SSSR count). The summed E-state index contributed by atoms with van der Waals surface area (Å²) in [5.74, 6) is -1.72. The number of anilines is 1. The van der Waals surface area contributed by atoms with Gasteiger partial charge in [0.1, 0.15) is 11.3 Å². The Labute approximate surface area is 198 Å². The number of benzene rings is 1. The third-order valence-electron chi connectivity index (χ3n) is 5.32. The van der Waals surface area contributed by atoms with Gasteiger partial charge in [-0.15, -0.1) is 15.3 Å². The van der Waals surface area contributed by atoms with E-state index in [1.807, 2.05) is 0 Å². The van der Waals surface area contributed by atoms with E-state index < -0.39 is 11.6 Å². The molecule has 0 saturated carbocycles. The number of hydrogen-bond acceptors (Lipinski definition) is 7. The maximum Gasteiger partial charge on any atom is 0.275 e. The summed E-state index contributed by atoms with van der Waals surface area (Å²) in [4.78, 5) is 23.2. The van der Waals surface area contributed by atoms with Crippen LogP contribution in [-0.2, 0) is 0 Å². The number of halogens is 4. The molecule has 0 aliphatic carbocycles. The van der Waals surface area contributed by atoms with E-state index in [1.165, 1.54) is 16.6 Å². The maximum atomic E-state index is 14.2. The number of nitrogens with zero attached hydrogens (tertiary/aromatic N) is 7. The third kappa shape index (κ3) is 3.60. The number of nitrogen functional groups attached to an aromatic ring is 1. The van der Waals surface area contributed by atoms with E-state index in [0.29, 0.717) is 25.2 Å². The molecular weight excluding hydrogens is 557 g/mol. The van der Waals surface area contributed by atoms with Gasteiger partial charge in [0.15, 0.2) is 28.1 Å². The normalized spacial score (nSPS) is 19.1. The first-order chi connectivity index (χ1) is 15.3. The SMILES string of the molecule is Nc1nc2c(F)cc(F)cc2c2nc([C@@H]3CC[C@H](I)N(C(=O)c4ccc(Cl)nn4)C3)nn12. The molecule has 164 valence electrons. The van der Waals surface area contributed by atoms with E-state index in [1.54, 1.807) is 4.90 Å². The van der Waals surface area contributed by atoms with Crippen LogP contribution in [0.5, 0.6) is 0 Å². The number of aromatic nitrogens is 6. The molecule has 13 heteroatoms. The Morgan fingerprint density at radius 2 is 2.00 bits per heavy atom. The van der Waals surface area contributed by atoms with Gasteiger partial charge in [0.05, 0.1) is 9.43 Å². The fraction of sp³-hybridized carbons (Fsp3) is 0.263. The highest BCUT2D eigenvalue weighted by atomic mass is 127. The highest BCUT2D eigenvalue weighted by Gasteiger charge is 2.34. The lowest BCUT2D eigenvalue weighted by Crippen LogP contribution is -2.44. The minimum atomic E-state index is -0.829. The minimum absolute atomic E-state index is 0.0541. The molecule has 4 heterocycles. The number of amides is 1. The van der Waals surface area contributed by atoms with Crippen LogP contribution in [0.25, 0.3) is 16.6 Å². The summed E-state index contributed by atoms with van der Waals surface area (Å²) >= 11 is 7.97. The molecule has 1 fully saturated rings. The number of nitrogens with two attached hydrogens (primary N) is 1. The van der Waals surface area contributed by atoms with Crippen molar-refractivity contribution in [3.8, 4) is 0 Å². The monoisotopic (exact) mass is 570 g/mol. The zero-order valence-electron chi connectivity index (χ0n) is 16.2. The summed E-state index contributed by atoms with van der Waals surface area (Å²) in [6, 6.07) is 4.92. The van der Waals surface area contributed by atoms with E-state index in [9.17, 15) is 13.6 Å². The maximum absolute atomic E-state index is 14.2. The molecule has 0 spiro atoms. The minimum Gasteiger partial charge on any atom is -0.368 e. The number of likely N-dealkylation sites (tertiary alicyclic amines) is 1. The van der Waals surface area contributed by atoms with Crippen molar-refractivity contribution in [2.75, 3.05) is 12.3 Å². The number of carbonyl (C=O) groups is 1. The highest BCUT2D eigenvalue weighted by Crippen LogP contribution is 2.33. The van der Waals surface area contributed by atoms with Crippen molar-refractivity contribution in [2.24, 2.45) is 0 Å². The molecule has 1 saturated heterocycles. The Morgan fingerprint density at radius 3 is 2.75 bits per heavy atom. The predicted molar refractivity (Wildman–Crippen MR) is 120 cm³/mol. The van der Waals surface area contributed by atoms with E-state index in [-0.39, 0.29) is 49.2 Å². The Bertz CT molecular complexity index is 1370. The second-order valence-corrected chi connectivity index (χ2v) is 9.19. The molecule has 0 radical (unpaired) electrons. The van der Waals surface area contributed by atoms with Gasteiger partial charge in [-0.25, -0.2) is 18.7 Å². The number of rotatable bonds is 2. The van der Waals surface area contributed by atoms with Crippen LogP contribution in [0.15, 0.2) is 24.3 Å². The first kappa shape index (κ1) is 21.1. The van der Waals surface area contributed by atoms with E-state index in [2.05, 4.69) is 47.9 Å². The molecule has 0 unspecified atom stereocenters. The van der Waals surface area contributed by atoms with E-state index in [0.717, 1.165) is 12.1 Å². The summed E-state index contributed by atoms with van der Waals surface area (Å²) < 4.78 is 29.3. The van der Waals surface area contributed by atoms with Gasteiger partial charge in [-0.1, -0.05) is 34.2 Å². The van der Waals surface area contributed by atoms with Crippen molar-refractivity contribution in [3.63, 3.8) is 0 Å². The van der Waals surface area contributed by atoms with Crippen molar-refractivity contribution in [2.45, 2.75) is 22.8 Å². The molecule has 9 nitrogen and oxygen atoms in total. The van der Waals surface area contributed by atoms with Gasteiger partial charge in [-0.2, -0.15) is 4.52 Å². The molecule has 2 N–H and O–H groups in total. The van der Waals surface area contributed by atoms with Crippen LogP contribution in [0.1, 0.15) is 35.1 Å². The summed E-state index contributed by atoms with van der Waals surface area (Å²) in [6.45, 7) is 0.335. The smallest absolute Gasteiger partial charge is 0.275 e. The Balaban J connectivity index is 1.52. The molecule has 1 aromatic carbocycles. The van der Waals surface area contributed by atoms with Crippen molar-refractivity contribution in [1.29, 1.82) is 0 Å². The van der Waals surface area contributed by atoms with Crippen LogP contribution in [-0.4, -0.2) is 51.2 Å². The zero-order valence-corrected chi connectivity index (χ0v) is 19.1. The summed E-state index contributed by atoms with van der Waals surface area (Å²) in [5, 5.41) is 12.4. The average Bonchev–Trinajstić information content (AvgIpc) is 3.22. The number of piperidine rings is 1. The zero-order chi connectivity index (χ0) is 22.6. The van der Waals surface area contributed by atoms with Gasteiger partial charge in [-0.05, 0) is 31.0 Å². The van der Waals surface area contributed by atoms with Crippen LogP contribution >= 0.6 is 34.2 Å². The van der Waals surface area contributed by atoms with Crippen LogP contribution in [0, 0.1) is 11.6 Å².